The molecular formula is C10H10F3NO3. The van der Waals surface area contributed by atoms with E-state index in [1.165, 1.54) is 37.4 Å². The number of rotatable bonds is 4. The smallest absolute Gasteiger partial charge is 0.461 e. The van der Waals surface area contributed by atoms with E-state index in [0.717, 1.165) is 6.20 Å². The summed E-state index contributed by atoms with van der Waals surface area (Å²) in [7, 11) is 2.93. The van der Waals surface area contributed by atoms with E-state index in [2.05, 4.69) is 4.74 Å². The molecule has 0 aromatic carbocycles. The van der Waals surface area contributed by atoms with Crippen LogP contribution in [-0.2, 0) is 4.74 Å². The molecule has 7 heteroatoms. The predicted octanol–water partition coefficient (Wildman–Crippen LogP) is 2.40. The summed E-state index contributed by atoms with van der Waals surface area (Å²) in [5.41, 5.74) is 0. The number of carbonyl (C=O) groups excluding carboxylic acids is 1. The van der Waals surface area contributed by atoms with Crippen LogP contribution in [0.15, 0.2) is 34.8 Å². The van der Waals surface area contributed by atoms with E-state index in [4.69, 9.17) is 4.42 Å². The second kappa shape index (κ2) is 4.94. The minimum atomic E-state index is -4.93. The number of Topliss-reactive ketones (excluding diaryl/α,β-unsaturated/α-hetero) is 1. The summed E-state index contributed by atoms with van der Waals surface area (Å²) in [6, 6.07) is 2.65. The highest BCUT2D eigenvalue weighted by Crippen LogP contribution is 2.23. The molecule has 0 saturated heterocycles. The number of allylic oxidation sites excluding steroid dienone is 1. The number of hydrogen-bond donors (Lipinski definition) is 0. The molecule has 0 saturated carbocycles. The van der Waals surface area contributed by atoms with Gasteiger partial charge in [0, 0.05) is 20.3 Å². The average Bonchev–Trinajstić information content (AvgIpc) is 2.65. The molecule has 1 aromatic rings. The van der Waals surface area contributed by atoms with Crippen LogP contribution in [0, 0.1) is 0 Å². The molecule has 0 aliphatic rings. The van der Waals surface area contributed by atoms with E-state index in [-0.39, 0.29) is 5.76 Å². The highest BCUT2D eigenvalue weighted by Gasteiger charge is 2.35. The van der Waals surface area contributed by atoms with Crippen LogP contribution in [0.5, 0.6) is 0 Å². The topological polar surface area (TPSA) is 42.7 Å². The number of furan rings is 1. The van der Waals surface area contributed by atoms with Gasteiger partial charge in [-0.15, -0.1) is 13.2 Å². The number of hydrogen-bond acceptors (Lipinski definition) is 4. The number of halogens is 3. The van der Waals surface area contributed by atoms with Gasteiger partial charge in [-0.2, -0.15) is 0 Å². The maximum absolute atomic E-state index is 12.1. The van der Waals surface area contributed by atoms with Crippen molar-refractivity contribution in [3.05, 3.63) is 36.1 Å². The molecule has 0 bridgehead atoms. The van der Waals surface area contributed by atoms with Gasteiger partial charge in [0.2, 0.25) is 0 Å². The summed E-state index contributed by atoms with van der Waals surface area (Å²) in [5.74, 6) is -2.04. The Morgan fingerprint density at radius 1 is 1.47 bits per heavy atom. The number of alkyl halides is 3. The molecule has 0 spiro atoms. The van der Waals surface area contributed by atoms with Gasteiger partial charge in [0.15, 0.2) is 11.5 Å². The fourth-order valence-corrected chi connectivity index (χ4v) is 1.02. The van der Waals surface area contributed by atoms with Crippen LogP contribution in [0.1, 0.15) is 10.6 Å². The number of ketones is 1. The number of ether oxygens (including phenoxy) is 1. The van der Waals surface area contributed by atoms with Crippen molar-refractivity contribution in [2.45, 2.75) is 6.36 Å². The molecule has 0 N–H and O–H groups in total. The van der Waals surface area contributed by atoms with Gasteiger partial charge in [-0.25, -0.2) is 0 Å². The van der Waals surface area contributed by atoms with Crippen LogP contribution in [-0.4, -0.2) is 31.1 Å². The Labute approximate surface area is 95.3 Å². The van der Waals surface area contributed by atoms with E-state index in [0.29, 0.717) is 0 Å². The molecule has 0 aliphatic carbocycles. The molecule has 1 rings (SSSR count). The number of nitrogens with zero attached hydrogens (tertiary/aromatic N) is 1. The van der Waals surface area contributed by atoms with Crippen LogP contribution in [0.2, 0.25) is 0 Å². The Balaban J connectivity index is 2.96. The standard InChI is InChI=1S/C10H10F3NO3/c1-14(2)6-8(17-10(11,12)13)9(15)7-4-3-5-16-7/h3-6H,1-2H3. The van der Waals surface area contributed by atoms with Crippen molar-refractivity contribution < 1.29 is 27.1 Å². The SMILES string of the molecule is CN(C)C=C(OC(F)(F)F)C(=O)c1ccco1. The zero-order valence-electron chi connectivity index (χ0n) is 9.12. The van der Waals surface area contributed by atoms with Crippen molar-refractivity contribution in [2.24, 2.45) is 0 Å². The maximum atomic E-state index is 12.1. The van der Waals surface area contributed by atoms with Crippen molar-refractivity contribution in [3.8, 4) is 0 Å². The molecule has 1 heterocycles. The first-order chi connectivity index (χ1) is 7.79. The first kappa shape index (κ1) is 13.1. The summed E-state index contributed by atoms with van der Waals surface area (Å²) in [5, 5.41) is 0. The molecule has 0 radical (unpaired) electrons. The van der Waals surface area contributed by atoms with Gasteiger partial charge in [0.25, 0.3) is 5.78 Å². The highest BCUT2D eigenvalue weighted by atomic mass is 19.4. The van der Waals surface area contributed by atoms with Gasteiger partial charge in [-0.1, -0.05) is 0 Å². The van der Waals surface area contributed by atoms with E-state index in [1.54, 1.807) is 0 Å². The third-order valence-corrected chi connectivity index (χ3v) is 1.57. The summed E-state index contributed by atoms with van der Waals surface area (Å²) >= 11 is 0. The molecule has 0 fully saturated rings. The molecule has 0 amide bonds. The van der Waals surface area contributed by atoms with Gasteiger partial charge >= 0.3 is 6.36 Å². The second-order valence-electron chi connectivity index (χ2n) is 3.31. The number of carbonyl (C=O) groups is 1. The Hall–Kier alpha value is -1.92. The van der Waals surface area contributed by atoms with Gasteiger partial charge in [-0.05, 0) is 12.1 Å². The van der Waals surface area contributed by atoms with E-state index in [1.807, 2.05) is 0 Å². The Bertz CT molecular complexity index is 407. The minimum Gasteiger partial charge on any atom is -0.461 e. The highest BCUT2D eigenvalue weighted by molar-refractivity contribution is 6.05. The first-order valence-corrected chi connectivity index (χ1v) is 4.52. The Kier molecular flexibility index (Phi) is 3.82. The van der Waals surface area contributed by atoms with Crippen molar-refractivity contribution in [2.75, 3.05) is 14.1 Å². The predicted molar refractivity (Wildman–Crippen MR) is 51.9 cm³/mol. The monoisotopic (exact) mass is 249 g/mol. The van der Waals surface area contributed by atoms with Crippen molar-refractivity contribution >= 4 is 5.78 Å². The first-order valence-electron chi connectivity index (χ1n) is 4.52. The van der Waals surface area contributed by atoms with E-state index >= 15 is 0 Å². The fourth-order valence-electron chi connectivity index (χ4n) is 1.02. The molecule has 0 aliphatic heterocycles. The summed E-state index contributed by atoms with van der Waals surface area (Å²) in [4.78, 5) is 12.9. The quantitative estimate of drug-likeness (QED) is 0.467. The Morgan fingerprint density at radius 2 is 2.12 bits per heavy atom. The van der Waals surface area contributed by atoms with Crippen molar-refractivity contribution in [1.29, 1.82) is 0 Å². The van der Waals surface area contributed by atoms with Crippen LogP contribution in [0.25, 0.3) is 0 Å². The van der Waals surface area contributed by atoms with Crippen molar-refractivity contribution in [3.63, 3.8) is 0 Å². The second-order valence-corrected chi connectivity index (χ2v) is 3.31. The summed E-state index contributed by atoms with van der Waals surface area (Å²) in [6.45, 7) is 0. The summed E-state index contributed by atoms with van der Waals surface area (Å²) in [6.07, 6.45) is -2.81. The van der Waals surface area contributed by atoms with Crippen molar-refractivity contribution in [1.82, 2.24) is 4.90 Å². The van der Waals surface area contributed by atoms with E-state index < -0.39 is 17.9 Å². The van der Waals surface area contributed by atoms with Gasteiger partial charge in [0.05, 0.1) is 6.26 Å². The summed E-state index contributed by atoms with van der Waals surface area (Å²) < 4.78 is 44.6. The average molecular weight is 249 g/mol. The molecule has 17 heavy (non-hydrogen) atoms. The Morgan fingerprint density at radius 3 is 2.53 bits per heavy atom. The lowest BCUT2D eigenvalue weighted by Crippen LogP contribution is -2.20. The fraction of sp³-hybridized carbons (Fsp3) is 0.300. The molecular weight excluding hydrogens is 239 g/mol. The lowest BCUT2D eigenvalue weighted by Gasteiger charge is -2.13. The van der Waals surface area contributed by atoms with Gasteiger partial charge in [0.1, 0.15) is 0 Å². The van der Waals surface area contributed by atoms with Gasteiger partial charge in [-0.3, -0.25) is 4.79 Å². The molecule has 94 valence electrons. The minimum absolute atomic E-state index is 0.220. The van der Waals surface area contributed by atoms with Gasteiger partial charge < -0.3 is 14.1 Å². The lowest BCUT2D eigenvalue weighted by atomic mass is 10.2. The maximum Gasteiger partial charge on any atom is 0.573 e. The normalized spacial score (nSPS) is 12.4. The molecule has 0 unspecified atom stereocenters. The van der Waals surface area contributed by atoms with Crippen LogP contribution >= 0.6 is 0 Å². The molecule has 4 nitrogen and oxygen atoms in total. The molecule has 1 aromatic heterocycles. The lowest BCUT2D eigenvalue weighted by molar-refractivity contribution is -0.303. The zero-order chi connectivity index (χ0) is 13.1. The largest absolute Gasteiger partial charge is 0.573 e. The third-order valence-electron chi connectivity index (χ3n) is 1.57. The zero-order valence-corrected chi connectivity index (χ0v) is 9.12. The van der Waals surface area contributed by atoms with Crippen LogP contribution in [0.4, 0.5) is 13.2 Å². The third kappa shape index (κ3) is 4.21. The van der Waals surface area contributed by atoms with Crippen LogP contribution < -0.4 is 0 Å². The van der Waals surface area contributed by atoms with Crippen LogP contribution in [0.3, 0.4) is 0 Å². The molecule has 0 atom stereocenters. The van der Waals surface area contributed by atoms with E-state index in [9.17, 15) is 18.0 Å².